The first-order chi connectivity index (χ1) is 13.2. The van der Waals surface area contributed by atoms with Crippen LogP contribution >= 0.6 is 11.8 Å². The second-order valence-electron chi connectivity index (χ2n) is 6.82. The Hall–Kier alpha value is -2.80. The van der Waals surface area contributed by atoms with Crippen LogP contribution in [0.15, 0.2) is 52.0 Å². The monoisotopic (exact) mass is 378 g/mol. The van der Waals surface area contributed by atoms with E-state index in [2.05, 4.69) is 15.5 Å². The minimum Gasteiger partial charge on any atom is -0.456 e. The molecule has 0 radical (unpaired) electrons. The molecule has 2 aromatic carbocycles. The maximum absolute atomic E-state index is 12.4. The summed E-state index contributed by atoms with van der Waals surface area (Å²) >= 11 is 1.41. The summed E-state index contributed by atoms with van der Waals surface area (Å²) in [7, 11) is 1.96. The number of anilines is 1. The van der Waals surface area contributed by atoms with E-state index in [4.69, 9.17) is 4.42 Å². The zero-order chi connectivity index (χ0) is 18.4. The Morgan fingerprint density at radius 2 is 2.00 bits per heavy atom. The molecule has 5 rings (SSSR count). The maximum Gasteiger partial charge on any atom is 0.234 e. The Morgan fingerprint density at radius 1 is 1.19 bits per heavy atom. The zero-order valence-corrected chi connectivity index (χ0v) is 15.6. The molecule has 27 heavy (non-hydrogen) atoms. The van der Waals surface area contributed by atoms with Crippen LogP contribution in [0.3, 0.4) is 0 Å². The Morgan fingerprint density at radius 3 is 2.85 bits per heavy atom. The Bertz CT molecular complexity index is 1160. The molecule has 6 nitrogen and oxygen atoms in total. The van der Waals surface area contributed by atoms with Gasteiger partial charge in [-0.05, 0) is 37.1 Å². The molecule has 7 heteroatoms. The molecular weight excluding hydrogens is 360 g/mol. The molecule has 1 aliphatic rings. The van der Waals surface area contributed by atoms with Gasteiger partial charge in [0, 0.05) is 29.4 Å². The summed E-state index contributed by atoms with van der Waals surface area (Å²) < 4.78 is 7.82. The van der Waals surface area contributed by atoms with Crippen LogP contribution in [-0.2, 0) is 11.8 Å². The van der Waals surface area contributed by atoms with Gasteiger partial charge in [0.1, 0.15) is 17.0 Å². The zero-order valence-electron chi connectivity index (χ0n) is 14.8. The summed E-state index contributed by atoms with van der Waals surface area (Å²) in [6.07, 6.45) is 2.37. The molecule has 2 aromatic heterocycles. The highest BCUT2D eigenvalue weighted by molar-refractivity contribution is 7.99. The van der Waals surface area contributed by atoms with Crippen molar-refractivity contribution in [3.05, 3.63) is 48.3 Å². The number of aromatic nitrogens is 3. The molecule has 1 saturated carbocycles. The van der Waals surface area contributed by atoms with Gasteiger partial charge in [-0.1, -0.05) is 30.0 Å². The van der Waals surface area contributed by atoms with E-state index in [0.717, 1.165) is 38.6 Å². The number of hydrogen-bond donors (Lipinski definition) is 1. The van der Waals surface area contributed by atoms with Gasteiger partial charge in [-0.15, -0.1) is 10.2 Å². The quantitative estimate of drug-likeness (QED) is 0.524. The van der Waals surface area contributed by atoms with Crippen LogP contribution in [0.4, 0.5) is 5.69 Å². The molecule has 0 unspecified atom stereocenters. The van der Waals surface area contributed by atoms with Crippen LogP contribution in [0.5, 0.6) is 0 Å². The van der Waals surface area contributed by atoms with Crippen molar-refractivity contribution in [1.82, 2.24) is 14.8 Å². The highest BCUT2D eigenvalue weighted by atomic mass is 32.2. The first-order valence-electron chi connectivity index (χ1n) is 8.92. The highest BCUT2D eigenvalue weighted by Gasteiger charge is 2.29. The van der Waals surface area contributed by atoms with Gasteiger partial charge in [-0.2, -0.15) is 0 Å². The van der Waals surface area contributed by atoms with E-state index >= 15 is 0 Å². The predicted octanol–water partition coefficient (Wildman–Crippen LogP) is 4.32. The van der Waals surface area contributed by atoms with Gasteiger partial charge >= 0.3 is 0 Å². The number of fused-ring (bicyclic) bond motifs is 3. The van der Waals surface area contributed by atoms with Crippen LogP contribution in [0.2, 0.25) is 0 Å². The van der Waals surface area contributed by atoms with E-state index in [9.17, 15) is 4.79 Å². The normalized spacial score (nSPS) is 14.1. The Labute approximate surface area is 159 Å². The molecule has 0 bridgehead atoms. The SMILES string of the molecule is Cn1c(SCC(=O)Nc2ccc3oc4ccccc4c3c2)nnc1C1CC1. The lowest BCUT2D eigenvalue weighted by Crippen LogP contribution is -2.14. The second kappa shape index (κ2) is 6.42. The van der Waals surface area contributed by atoms with E-state index in [1.807, 2.05) is 54.1 Å². The van der Waals surface area contributed by atoms with E-state index in [1.165, 1.54) is 24.6 Å². The fraction of sp³-hybridized carbons (Fsp3) is 0.250. The number of benzene rings is 2. The molecule has 0 spiro atoms. The van der Waals surface area contributed by atoms with E-state index in [-0.39, 0.29) is 5.91 Å². The number of furan rings is 1. The van der Waals surface area contributed by atoms with Crippen molar-refractivity contribution >= 4 is 45.3 Å². The lowest BCUT2D eigenvalue weighted by Gasteiger charge is -2.05. The Balaban J connectivity index is 1.29. The molecule has 0 aliphatic heterocycles. The van der Waals surface area contributed by atoms with Crippen molar-refractivity contribution in [3.63, 3.8) is 0 Å². The van der Waals surface area contributed by atoms with Crippen LogP contribution < -0.4 is 5.32 Å². The van der Waals surface area contributed by atoms with Crippen molar-refractivity contribution < 1.29 is 9.21 Å². The first-order valence-corrected chi connectivity index (χ1v) is 9.91. The Kier molecular flexibility index (Phi) is 3.89. The fourth-order valence-electron chi connectivity index (χ4n) is 3.28. The molecule has 4 aromatic rings. The number of hydrogen-bond acceptors (Lipinski definition) is 5. The molecule has 1 fully saturated rings. The number of nitrogens with zero attached hydrogens (tertiary/aromatic N) is 3. The third kappa shape index (κ3) is 3.08. The van der Waals surface area contributed by atoms with Crippen LogP contribution in [0.25, 0.3) is 21.9 Å². The average Bonchev–Trinajstić information content (AvgIpc) is 3.35. The minimum absolute atomic E-state index is 0.0666. The summed E-state index contributed by atoms with van der Waals surface area (Å²) in [4.78, 5) is 12.4. The number of rotatable bonds is 5. The molecule has 0 saturated heterocycles. The number of nitrogens with one attached hydrogen (secondary N) is 1. The van der Waals surface area contributed by atoms with Crippen LogP contribution in [0, 0.1) is 0 Å². The van der Waals surface area contributed by atoms with Gasteiger partial charge in [0.2, 0.25) is 5.91 Å². The molecule has 1 aliphatic carbocycles. The molecule has 2 heterocycles. The molecule has 1 amide bonds. The van der Waals surface area contributed by atoms with Crippen LogP contribution in [-0.4, -0.2) is 26.4 Å². The third-order valence-electron chi connectivity index (χ3n) is 4.80. The molecule has 136 valence electrons. The highest BCUT2D eigenvalue weighted by Crippen LogP contribution is 2.39. The van der Waals surface area contributed by atoms with Gasteiger partial charge < -0.3 is 14.3 Å². The second-order valence-corrected chi connectivity index (χ2v) is 7.76. The molecular formula is C20H18N4O2S. The van der Waals surface area contributed by atoms with Crippen molar-refractivity contribution in [2.24, 2.45) is 7.05 Å². The summed E-state index contributed by atoms with van der Waals surface area (Å²) in [5, 5.41) is 14.2. The van der Waals surface area contributed by atoms with Crippen molar-refractivity contribution in [2.75, 3.05) is 11.1 Å². The molecule has 1 N–H and O–H groups in total. The summed E-state index contributed by atoms with van der Waals surface area (Å²) in [5.41, 5.74) is 2.42. The van der Waals surface area contributed by atoms with Crippen molar-refractivity contribution in [2.45, 2.75) is 23.9 Å². The number of para-hydroxylation sites is 1. The van der Waals surface area contributed by atoms with E-state index in [1.54, 1.807) is 0 Å². The van der Waals surface area contributed by atoms with Gasteiger partial charge in [-0.25, -0.2) is 0 Å². The number of thioether (sulfide) groups is 1. The summed E-state index contributed by atoms with van der Waals surface area (Å²) in [5.74, 6) is 1.79. The minimum atomic E-state index is -0.0666. The first kappa shape index (κ1) is 16.4. The predicted molar refractivity (Wildman–Crippen MR) is 106 cm³/mol. The summed E-state index contributed by atoms with van der Waals surface area (Å²) in [6, 6.07) is 13.6. The number of carbonyl (C=O) groups is 1. The standard InChI is InChI=1S/C20H18N4O2S/c1-24-19(12-6-7-12)22-23-20(24)27-11-18(25)21-13-8-9-17-15(10-13)14-4-2-3-5-16(14)26-17/h2-5,8-10,12H,6-7,11H2,1H3,(H,21,25). The summed E-state index contributed by atoms with van der Waals surface area (Å²) in [6.45, 7) is 0. The van der Waals surface area contributed by atoms with Gasteiger partial charge in [0.05, 0.1) is 5.75 Å². The largest absolute Gasteiger partial charge is 0.456 e. The van der Waals surface area contributed by atoms with E-state index < -0.39 is 0 Å². The van der Waals surface area contributed by atoms with Crippen molar-refractivity contribution in [3.8, 4) is 0 Å². The van der Waals surface area contributed by atoms with Crippen molar-refractivity contribution in [1.29, 1.82) is 0 Å². The third-order valence-corrected chi connectivity index (χ3v) is 5.82. The molecule has 0 atom stereocenters. The van der Waals surface area contributed by atoms with Gasteiger partial charge in [-0.3, -0.25) is 4.79 Å². The smallest absolute Gasteiger partial charge is 0.234 e. The lowest BCUT2D eigenvalue weighted by molar-refractivity contribution is -0.113. The van der Waals surface area contributed by atoms with Gasteiger partial charge in [0.15, 0.2) is 5.16 Å². The number of amides is 1. The average molecular weight is 378 g/mol. The van der Waals surface area contributed by atoms with Crippen LogP contribution in [0.1, 0.15) is 24.6 Å². The fourth-order valence-corrected chi connectivity index (χ4v) is 4.00. The maximum atomic E-state index is 12.4. The lowest BCUT2D eigenvalue weighted by atomic mass is 10.1. The topological polar surface area (TPSA) is 73.0 Å². The number of carbonyl (C=O) groups excluding carboxylic acids is 1. The van der Waals surface area contributed by atoms with Gasteiger partial charge in [0.25, 0.3) is 0 Å². The van der Waals surface area contributed by atoms with E-state index in [0.29, 0.717) is 11.7 Å².